The van der Waals surface area contributed by atoms with E-state index in [4.69, 9.17) is 10.1 Å². The molecule has 2 heterocycles. The maximum Gasteiger partial charge on any atom is 0.417 e. The van der Waals surface area contributed by atoms with Gasteiger partial charge in [0.25, 0.3) is 11.5 Å². The Hall–Kier alpha value is -4.73. The number of hydrogen-bond donors (Lipinski definition) is 1. The van der Waals surface area contributed by atoms with Crippen molar-refractivity contribution < 1.29 is 27.5 Å². The van der Waals surface area contributed by atoms with Crippen LogP contribution in [-0.2, 0) is 35.6 Å². The fourth-order valence-electron chi connectivity index (χ4n) is 6.53. The zero-order valence-corrected chi connectivity index (χ0v) is 22.8. The Morgan fingerprint density at radius 1 is 1.02 bits per heavy atom. The fraction of sp³-hybridized carbons (Fsp3) is 0.250. The number of aryl methyl sites for hydroxylation is 1. The zero-order valence-electron chi connectivity index (χ0n) is 22.8. The molecular formula is C32H26F3N3O4. The Balaban J connectivity index is 1.45. The van der Waals surface area contributed by atoms with Gasteiger partial charge in [-0.3, -0.25) is 19.9 Å². The summed E-state index contributed by atoms with van der Waals surface area (Å²) in [5.41, 5.74) is 0.949. The van der Waals surface area contributed by atoms with Crippen molar-refractivity contribution in [3.8, 4) is 0 Å². The van der Waals surface area contributed by atoms with Crippen molar-refractivity contribution in [1.82, 2.24) is 9.47 Å². The van der Waals surface area contributed by atoms with E-state index < -0.39 is 41.1 Å². The molecule has 6 rings (SSSR count). The highest BCUT2D eigenvalue weighted by atomic mass is 19.4. The van der Waals surface area contributed by atoms with Crippen LogP contribution in [-0.4, -0.2) is 40.3 Å². The number of carbonyl (C=O) groups is 2. The first kappa shape index (κ1) is 27.4. The summed E-state index contributed by atoms with van der Waals surface area (Å²) >= 11 is 0. The highest BCUT2D eigenvalue weighted by Gasteiger charge is 2.44. The minimum atomic E-state index is -4.76. The molecule has 0 saturated carbocycles. The average molecular weight is 574 g/mol. The molecule has 0 spiro atoms. The van der Waals surface area contributed by atoms with E-state index in [-0.39, 0.29) is 35.1 Å². The van der Waals surface area contributed by atoms with Crippen molar-refractivity contribution in [2.45, 2.75) is 37.4 Å². The lowest BCUT2D eigenvalue weighted by atomic mass is 9.87. The van der Waals surface area contributed by atoms with Gasteiger partial charge in [0.1, 0.15) is 11.9 Å². The van der Waals surface area contributed by atoms with Gasteiger partial charge in [0.2, 0.25) is 0 Å². The minimum Gasteiger partial charge on any atom is -0.467 e. The number of benzene rings is 3. The molecule has 2 aliphatic rings. The predicted octanol–water partition coefficient (Wildman–Crippen LogP) is 5.20. The van der Waals surface area contributed by atoms with Crippen molar-refractivity contribution in [3.05, 3.63) is 116 Å². The third-order valence-corrected chi connectivity index (χ3v) is 8.41. The van der Waals surface area contributed by atoms with E-state index in [2.05, 4.69) is 0 Å². The second-order valence-electron chi connectivity index (χ2n) is 10.6. The smallest absolute Gasteiger partial charge is 0.417 e. The molecule has 1 N–H and O–H groups in total. The topological polar surface area (TPSA) is 92.5 Å². The van der Waals surface area contributed by atoms with Crippen LogP contribution in [0.25, 0.3) is 10.9 Å². The lowest BCUT2D eigenvalue weighted by Crippen LogP contribution is -2.46. The average Bonchev–Trinajstić information content (AvgIpc) is 3.51. The summed E-state index contributed by atoms with van der Waals surface area (Å²) in [6, 6.07) is 16.6. The molecule has 7 nitrogen and oxygen atoms in total. The molecule has 42 heavy (non-hydrogen) atoms. The highest BCUT2D eigenvalue weighted by molar-refractivity contribution is 6.23. The number of alkyl halides is 3. The maximum atomic E-state index is 14.6. The van der Waals surface area contributed by atoms with E-state index in [1.807, 2.05) is 0 Å². The van der Waals surface area contributed by atoms with E-state index in [1.165, 1.54) is 36.9 Å². The molecule has 0 bridgehead atoms. The Morgan fingerprint density at radius 3 is 2.40 bits per heavy atom. The summed E-state index contributed by atoms with van der Waals surface area (Å²) in [7, 11) is 2.67. The van der Waals surface area contributed by atoms with E-state index in [1.54, 1.807) is 48.5 Å². The van der Waals surface area contributed by atoms with Gasteiger partial charge in [-0.25, -0.2) is 4.79 Å². The number of esters is 1. The van der Waals surface area contributed by atoms with Gasteiger partial charge in [-0.1, -0.05) is 54.6 Å². The predicted molar refractivity (Wildman–Crippen MR) is 150 cm³/mol. The molecule has 3 aromatic carbocycles. The number of nitrogens with zero attached hydrogens (tertiary/aromatic N) is 2. The molecular weight excluding hydrogens is 547 g/mol. The van der Waals surface area contributed by atoms with Gasteiger partial charge in [0.15, 0.2) is 0 Å². The molecule has 0 fully saturated rings. The van der Waals surface area contributed by atoms with Crippen molar-refractivity contribution in [3.63, 3.8) is 0 Å². The molecule has 1 amide bonds. The number of rotatable bonds is 5. The van der Waals surface area contributed by atoms with Crippen LogP contribution in [0.3, 0.4) is 0 Å². The van der Waals surface area contributed by atoms with E-state index in [9.17, 15) is 27.6 Å². The molecule has 4 aromatic rings. The number of fused-ring (bicyclic) bond motifs is 3. The van der Waals surface area contributed by atoms with Gasteiger partial charge < -0.3 is 9.30 Å². The van der Waals surface area contributed by atoms with Crippen LogP contribution in [0.4, 0.5) is 13.2 Å². The molecule has 214 valence electrons. The Labute approximate surface area is 238 Å². The van der Waals surface area contributed by atoms with Crippen LogP contribution in [0.15, 0.2) is 71.5 Å². The second kappa shape index (κ2) is 9.97. The zero-order chi connectivity index (χ0) is 29.9. The first-order valence-electron chi connectivity index (χ1n) is 13.4. The summed E-state index contributed by atoms with van der Waals surface area (Å²) in [6.07, 6.45) is -4.12. The number of amidine groups is 1. The van der Waals surface area contributed by atoms with Gasteiger partial charge in [0, 0.05) is 35.9 Å². The molecule has 0 radical (unpaired) electrons. The molecule has 0 saturated heterocycles. The number of ether oxygens (including phenoxy) is 1. The lowest BCUT2D eigenvalue weighted by Gasteiger charge is -2.26. The monoisotopic (exact) mass is 573 g/mol. The van der Waals surface area contributed by atoms with Crippen molar-refractivity contribution >= 4 is 28.6 Å². The first-order valence-corrected chi connectivity index (χ1v) is 13.4. The van der Waals surface area contributed by atoms with Crippen LogP contribution in [0.2, 0.25) is 0 Å². The number of aromatic nitrogens is 1. The molecule has 0 unspecified atom stereocenters. The number of hydrogen-bond acceptors (Lipinski definition) is 5. The second-order valence-corrected chi connectivity index (χ2v) is 10.6. The van der Waals surface area contributed by atoms with E-state index in [0.717, 1.165) is 10.5 Å². The van der Waals surface area contributed by atoms with Gasteiger partial charge >= 0.3 is 12.1 Å². The number of amides is 1. The summed E-state index contributed by atoms with van der Waals surface area (Å²) < 4.78 is 50.1. The summed E-state index contributed by atoms with van der Waals surface area (Å²) in [5.74, 6) is -2.14. The molecule has 1 aromatic heterocycles. The molecule has 10 heteroatoms. The fourth-order valence-corrected chi connectivity index (χ4v) is 6.53. The summed E-state index contributed by atoms with van der Waals surface area (Å²) in [5, 5.41) is 8.59. The highest BCUT2D eigenvalue weighted by Crippen LogP contribution is 2.45. The number of pyridine rings is 1. The Morgan fingerprint density at radius 2 is 1.71 bits per heavy atom. The van der Waals surface area contributed by atoms with Crippen LogP contribution in [0.5, 0.6) is 0 Å². The third-order valence-electron chi connectivity index (χ3n) is 8.41. The van der Waals surface area contributed by atoms with Crippen molar-refractivity contribution in [1.29, 1.82) is 5.41 Å². The van der Waals surface area contributed by atoms with Crippen LogP contribution < -0.4 is 5.56 Å². The van der Waals surface area contributed by atoms with Crippen LogP contribution in [0, 0.1) is 5.41 Å². The van der Waals surface area contributed by atoms with Crippen LogP contribution >= 0.6 is 0 Å². The van der Waals surface area contributed by atoms with Gasteiger partial charge in [-0.05, 0) is 41.7 Å². The standard InChI is InChI=1S/C32H26F3N3O4/c1-37-24-13-6-5-11-23(24)27(32(33,34)35)26(30(37)40)20-15-14-18-17(8-7-12-19(18)20)16-25(31(41)42-2)38-28(36)21-9-3-4-10-22(21)29(38)39/h3-13,20,25,36H,14-16H2,1-2H3/t20-,25-/m0/s1. The molecule has 2 atom stereocenters. The lowest BCUT2D eigenvalue weighted by molar-refractivity contribution is -0.144. The number of halogens is 3. The summed E-state index contributed by atoms with van der Waals surface area (Å²) in [6.45, 7) is 0. The third kappa shape index (κ3) is 4.12. The number of carbonyl (C=O) groups excluding carboxylic acids is 2. The van der Waals surface area contributed by atoms with Crippen LogP contribution in [0.1, 0.15) is 56.1 Å². The van der Waals surface area contributed by atoms with E-state index >= 15 is 0 Å². The first-order chi connectivity index (χ1) is 20.0. The summed E-state index contributed by atoms with van der Waals surface area (Å²) in [4.78, 5) is 40.9. The van der Waals surface area contributed by atoms with Gasteiger partial charge in [0.05, 0.1) is 23.8 Å². The van der Waals surface area contributed by atoms with Crippen molar-refractivity contribution in [2.24, 2.45) is 7.05 Å². The normalized spacial score (nSPS) is 17.0. The maximum absolute atomic E-state index is 14.6. The number of para-hydroxylation sites is 1. The SMILES string of the molecule is COC(=O)[C@H](Cc1cccc2c1CC[C@@H]2c1c(C(F)(F)F)c2ccccc2n(C)c1=O)N1C(=N)c2ccccc2C1=O. The molecule has 1 aliphatic carbocycles. The minimum absolute atomic E-state index is 0.00741. The van der Waals surface area contributed by atoms with Gasteiger partial charge in [-0.2, -0.15) is 13.2 Å². The number of methoxy groups -OCH3 is 1. The largest absolute Gasteiger partial charge is 0.467 e. The quantitative estimate of drug-likeness (QED) is 0.332. The Bertz CT molecular complexity index is 1830. The van der Waals surface area contributed by atoms with Crippen molar-refractivity contribution in [2.75, 3.05) is 7.11 Å². The molecule has 1 aliphatic heterocycles. The van der Waals surface area contributed by atoms with Gasteiger partial charge in [-0.15, -0.1) is 0 Å². The Kier molecular flexibility index (Phi) is 6.51. The van der Waals surface area contributed by atoms with E-state index in [0.29, 0.717) is 28.7 Å². The number of nitrogens with one attached hydrogen (secondary N) is 1.